The molecule has 0 amide bonds. The van der Waals surface area contributed by atoms with E-state index < -0.39 is 0 Å². The summed E-state index contributed by atoms with van der Waals surface area (Å²) in [6, 6.07) is 0.336. The molecule has 5 nitrogen and oxygen atoms in total. The molecule has 0 aliphatic heterocycles. The first kappa shape index (κ1) is 12.7. The van der Waals surface area contributed by atoms with E-state index in [0.717, 1.165) is 36.8 Å². The van der Waals surface area contributed by atoms with Gasteiger partial charge in [-0.2, -0.15) is 4.37 Å². The number of anilines is 1. The number of hydrogen-bond donors (Lipinski definition) is 2. The number of nitrogens with one attached hydrogen (secondary N) is 1. The zero-order valence-electron chi connectivity index (χ0n) is 10.3. The van der Waals surface area contributed by atoms with Crippen molar-refractivity contribution in [2.24, 2.45) is 5.73 Å². The standard InChI is InChI=1S/C11H20N4OS/c1-3-5-9-13-11(17-15-9)14-10-7(12)6-8(10)16-4-2/h7-8,10H,3-6,12H2,1-2H3,(H,13,14,15). The molecule has 0 saturated heterocycles. The van der Waals surface area contributed by atoms with Gasteiger partial charge < -0.3 is 15.8 Å². The Labute approximate surface area is 106 Å². The van der Waals surface area contributed by atoms with E-state index in [2.05, 4.69) is 21.6 Å². The number of aromatic nitrogens is 2. The first-order valence-electron chi connectivity index (χ1n) is 6.20. The third kappa shape index (κ3) is 2.94. The lowest BCUT2D eigenvalue weighted by atomic mass is 9.83. The summed E-state index contributed by atoms with van der Waals surface area (Å²) in [5.74, 6) is 0.917. The molecule has 0 spiro atoms. The molecule has 1 aliphatic rings. The van der Waals surface area contributed by atoms with Gasteiger partial charge in [0.1, 0.15) is 5.82 Å². The average Bonchev–Trinajstić information content (AvgIpc) is 2.74. The van der Waals surface area contributed by atoms with E-state index in [9.17, 15) is 0 Å². The minimum atomic E-state index is 0.157. The highest BCUT2D eigenvalue weighted by Crippen LogP contribution is 2.27. The highest BCUT2D eigenvalue weighted by molar-refractivity contribution is 7.09. The van der Waals surface area contributed by atoms with E-state index in [1.54, 1.807) is 0 Å². The zero-order valence-corrected chi connectivity index (χ0v) is 11.2. The molecule has 2 rings (SSSR count). The van der Waals surface area contributed by atoms with Crippen molar-refractivity contribution in [3.63, 3.8) is 0 Å². The van der Waals surface area contributed by atoms with E-state index in [1.807, 2.05) is 6.92 Å². The summed E-state index contributed by atoms with van der Waals surface area (Å²) < 4.78 is 9.90. The summed E-state index contributed by atoms with van der Waals surface area (Å²) in [6.07, 6.45) is 3.14. The Morgan fingerprint density at radius 3 is 3.00 bits per heavy atom. The van der Waals surface area contributed by atoms with Gasteiger partial charge >= 0.3 is 0 Å². The largest absolute Gasteiger partial charge is 0.376 e. The van der Waals surface area contributed by atoms with Crippen LogP contribution in [0.5, 0.6) is 0 Å². The van der Waals surface area contributed by atoms with Gasteiger partial charge in [-0.3, -0.25) is 0 Å². The van der Waals surface area contributed by atoms with Crippen LogP contribution in [0.1, 0.15) is 32.5 Å². The highest BCUT2D eigenvalue weighted by atomic mass is 32.1. The molecule has 1 aromatic heterocycles. The Kier molecular flexibility index (Phi) is 4.31. The van der Waals surface area contributed by atoms with Crippen molar-refractivity contribution >= 4 is 16.7 Å². The van der Waals surface area contributed by atoms with E-state index >= 15 is 0 Å². The number of nitrogens with zero attached hydrogens (tertiary/aromatic N) is 2. The Morgan fingerprint density at radius 2 is 2.35 bits per heavy atom. The molecule has 96 valence electrons. The highest BCUT2D eigenvalue weighted by Gasteiger charge is 2.39. The molecule has 1 aromatic rings. The maximum Gasteiger partial charge on any atom is 0.202 e. The van der Waals surface area contributed by atoms with Crippen LogP contribution in [0.4, 0.5) is 5.13 Å². The summed E-state index contributed by atoms with van der Waals surface area (Å²) in [4.78, 5) is 4.44. The number of rotatable bonds is 6. The lowest BCUT2D eigenvalue weighted by Gasteiger charge is -2.42. The van der Waals surface area contributed by atoms with Crippen molar-refractivity contribution in [2.45, 2.75) is 51.3 Å². The quantitative estimate of drug-likeness (QED) is 0.805. The molecule has 1 fully saturated rings. The smallest absolute Gasteiger partial charge is 0.202 e. The molecular weight excluding hydrogens is 236 g/mol. The Bertz CT molecular complexity index is 355. The molecule has 0 aromatic carbocycles. The first-order valence-corrected chi connectivity index (χ1v) is 6.98. The lowest BCUT2D eigenvalue weighted by Crippen LogP contribution is -2.60. The van der Waals surface area contributed by atoms with Crippen molar-refractivity contribution in [1.29, 1.82) is 0 Å². The van der Waals surface area contributed by atoms with E-state index in [1.165, 1.54) is 11.5 Å². The number of hydrogen-bond acceptors (Lipinski definition) is 6. The number of nitrogens with two attached hydrogens (primary N) is 1. The van der Waals surface area contributed by atoms with Crippen molar-refractivity contribution in [3.8, 4) is 0 Å². The molecule has 6 heteroatoms. The minimum absolute atomic E-state index is 0.157. The van der Waals surface area contributed by atoms with Gasteiger partial charge in [0.15, 0.2) is 0 Å². The van der Waals surface area contributed by atoms with Crippen molar-refractivity contribution < 1.29 is 4.74 Å². The van der Waals surface area contributed by atoms with Gasteiger partial charge in [-0.05, 0) is 19.8 Å². The maximum atomic E-state index is 5.97. The van der Waals surface area contributed by atoms with Crippen LogP contribution in [0.3, 0.4) is 0 Å². The van der Waals surface area contributed by atoms with Gasteiger partial charge in [0.2, 0.25) is 5.13 Å². The van der Waals surface area contributed by atoms with Crippen LogP contribution in [0.2, 0.25) is 0 Å². The number of aryl methyl sites for hydroxylation is 1. The summed E-state index contributed by atoms with van der Waals surface area (Å²) in [5, 5.41) is 4.20. The third-order valence-corrected chi connectivity index (χ3v) is 3.66. The van der Waals surface area contributed by atoms with Crippen LogP contribution in [-0.2, 0) is 11.2 Å². The second-order valence-electron chi connectivity index (χ2n) is 4.33. The Balaban J connectivity index is 1.90. The fraction of sp³-hybridized carbons (Fsp3) is 0.818. The van der Waals surface area contributed by atoms with Crippen molar-refractivity contribution in [1.82, 2.24) is 9.36 Å². The fourth-order valence-electron chi connectivity index (χ4n) is 2.01. The van der Waals surface area contributed by atoms with Crippen LogP contribution in [0.15, 0.2) is 0 Å². The molecule has 1 heterocycles. The topological polar surface area (TPSA) is 73.1 Å². The van der Waals surface area contributed by atoms with Crippen LogP contribution in [0, 0.1) is 0 Å². The molecule has 1 saturated carbocycles. The average molecular weight is 256 g/mol. The molecule has 3 atom stereocenters. The van der Waals surface area contributed by atoms with Crippen LogP contribution < -0.4 is 11.1 Å². The monoisotopic (exact) mass is 256 g/mol. The third-order valence-electron chi connectivity index (χ3n) is 2.98. The lowest BCUT2D eigenvalue weighted by molar-refractivity contribution is -0.0126. The second kappa shape index (κ2) is 5.75. The first-order chi connectivity index (χ1) is 8.24. The molecule has 0 bridgehead atoms. The summed E-state index contributed by atoms with van der Waals surface area (Å²) >= 11 is 1.41. The second-order valence-corrected chi connectivity index (χ2v) is 5.08. The van der Waals surface area contributed by atoms with Crippen molar-refractivity contribution in [3.05, 3.63) is 5.82 Å². The molecular formula is C11H20N4OS. The van der Waals surface area contributed by atoms with Gasteiger partial charge in [0, 0.05) is 30.6 Å². The van der Waals surface area contributed by atoms with Crippen LogP contribution in [0.25, 0.3) is 0 Å². The van der Waals surface area contributed by atoms with Gasteiger partial charge in [0.25, 0.3) is 0 Å². The van der Waals surface area contributed by atoms with Crippen molar-refractivity contribution in [2.75, 3.05) is 11.9 Å². The molecule has 17 heavy (non-hydrogen) atoms. The van der Waals surface area contributed by atoms with E-state index in [0.29, 0.717) is 0 Å². The molecule has 1 aliphatic carbocycles. The van der Waals surface area contributed by atoms with Gasteiger partial charge in [-0.1, -0.05) is 6.92 Å². The van der Waals surface area contributed by atoms with E-state index in [-0.39, 0.29) is 18.2 Å². The Morgan fingerprint density at radius 1 is 1.53 bits per heavy atom. The van der Waals surface area contributed by atoms with Gasteiger partial charge in [0.05, 0.1) is 12.1 Å². The zero-order chi connectivity index (χ0) is 12.3. The SMILES string of the molecule is CCCc1nsc(NC2C(N)CC2OCC)n1. The summed E-state index contributed by atoms with van der Waals surface area (Å²) in [5.41, 5.74) is 5.97. The molecule has 3 N–H and O–H groups in total. The number of ether oxygens (including phenoxy) is 1. The predicted octanol–water partition coefficient (Wildman–Crippen LogP) is 1.41. The van der Waals surface area contributed by atoms with Crippen LogP contribution >= 0.6 is 11.5 Å². The van der Waals surface area contributed by atoms with Gasteiger partial charge in [-0.25, -0.2) is 4.98 Å². The normalized spacial score (nSPS) is 27.8. The molecule has 0 radical (unpaired) electrons. The van der Waals surface area contributed by atoms with Gasteiger partial charge in [-0.15, -0.1) is 0 Å². The summed E-state index contributed by atoms with van der Waals surface area (Å²) in [6.45, 7) is 4.86. The maximum absolute atomic E-state index is 5.97. The predicted molar refractivity (Wildman–Crippen MR) is 69.3 cm³/mol. The minimum Gasteiger partial charge on any atom is -0.376 e. The van der Waals surface area contributed by atoms with E-state index in [4.69, 9.17) is 10.5 Å². The van der Waals surface area contributed by atoms with Crippen LogP contribution in [-0.4, -0.2) is 34.2 Å². The molecule has 3 unspecified atom stereocenters. The fourth-order valence-corrected chi connectivity index (χ4v) is 2.67. The summed E-state index contributed by atoms with van der Waals surface area (Å²) in [7, 11) is 0. The Hall–Kier alpha value is -0.720.